The minimum Gasteiger partial charge on any atom is -0.316 e. The molecule has 2 atom stereocenters. The zero-order chi connectivity index (χ0) is 7.68. The van der Waals surface area contributed by atoms with E-state index in [1.807, 2.05) is 0 Å². The highest BCUT2D eigenvalue weighted by Gasteiger charge is 2.35. The monoisotopic (exact) mass is 150 g/mol. The van der Waals surface area contributed by atoms with E-state index in [-0.39, 0.29) is 0 Å². The summed E-state index contributed by atoms with van der Waals surface area (Å²) in [4.78, 5) is 2.39. The lowest BCUT2D eigenvalue weighted by atomic mass is 10.0. The molecule has 0 radical (unpaired) electrons. The van der Waals surface area contributed by atoms with E-state index in [2.05, 4.69) is 16.1 Å². The van der Waals surface area contributed by atoms with Crippen molar-refractivity contribution >= 4 is 0 Å². The van der Waals surface area contributed by atoms with E-state index in [4.69, 9.17) is 6.42 Å². The molecule has 1 N–H and O–H groups in total. The van der Waals surface area contributed by atoms with Crippen LogP contribution in [0.1, 0.15) is 0 Å². The molecule has 0 amide bonds. The second-order valence-electron chi connectivity index (χ2n) is 3.58. The Bertz CT molecular complexity index is 170. The van der Waals surface area contributed by atoms with E-state index in [0.717, 1.165) is 18.4 Å². The van der Waals surface area contributed by atoms with Gasteiger partial charge < -0.3 is 5.32 Å². The largest absolute Gasteiger partial charge is 0.316 e. The first kappa shape index (κ1) is 7.15. The van der Waals surface area contributed by atoms with E-state index >= 15 is 0 Å². The highest BCUT2D eigenvalue weighted by atomic mass is 15.2. The highest BCUT2D eigenvalue weighted by molar-refractivity contribution is 4.96. The maximum atomic E-state index is 5.25. The van der Waals surface area contributed by atoms with Crippen molar-refractivity contribution in [2.24, 2.45) is 11.8 Å². The summed E-state index contributed by atoms with van der Waals surface area (Å²) < 4.78 is 0. The van der Waals surface area contributed by atoms with Crippen LogP contribution in [0, 0.1) is 24.2 Å². The van der Waals surface area contributed by atoms with Crippen molar-refractivity contribution in [3.8, 4) is 12.3 Å². The molecule has 2 nitrogen and oxygen atoms in total. The minimum atomic E-state index is 0.840. The van der Waals surface area contributed by atoms with Crippen LogP contribution in [0.3, 0.4) is 0 Å². The quantitative estimate of drug-likeness (QED) is 0.519. The molecule has 2 rings (SSSR count). The molecule has 0 bridgehead atoms. The fraction of sp³-hybridized carbons (Fsp3) is 0.778. The van der Waals surface area contributed by atoms with E-state index < -0.39 is 0 Å². The third-order valence-corrected chi connectivity index (χ3v) is 2.78. The fourth-order valence-electron chi connectivity index (χ4n) is 2.21. The van der Waals surface area contributed by atoms with Gasteiger partial charge in [0.15, 0.2) is 0 Å². The molecule has 60 valence electrons. The van der Waals surface area contributed by atoms with E-state index in [1.54, 1.807) is 0 Å². The number of hydrogen-bond acceptors (Lipinski definition) is 2. The standard InChI is InChI=1S/C9H14N2/c1-2-3-11-6-8-4-10-5-9(8)7-11/h1,8-10H,3-7H2. The molecule has 0 spiro atoms. The van der Waals surface area contributed by atoms with Crippen LogP contribution < -0.4 is 5.32 Å². The van der Waals surface area contributed by atoms with Crippen molar-refractivity contribution in [1.29, 1.82) is 0 Å². The number of fused-ring (bicyclic) bond motifs is 1. The second kappa shape index (κ2) is 2.84. The van der Waals surface area contributed by atoms with E-state index in [0.29, 0.717) is 0 Å². The molecule has 2 heteroatoms. The number of rotatable bonds is 1. The minimum absolute atomic E-state index is 0.840. The number of nitrogens with one attached hydrogen (secondary N) is 1. The van der Waals surface area contributed by atoms with Gasteiger partial charge in [-0.2, -0.15) is 0 Å². The number of nitrogens with zero attached hydrogens (tertiary/aromatic N) is 1. The van der Waals surface area contributed by atoms with Gasteiger partial charge in [0.05, 0.1) is 6.54 Å². The fourth-order valence-corrected chi connectivity index (χ4v) is 2.21. The molecule has 2 fully saturated rings. The maximum Gasteiger partial charge on any atom is 0.0599 e. The molecular formula is C9H14N2. The second-order valence-corrected chi connectivity index (χ2v) is 3.58. The molecule has 2 saturated heterocycles. The van der Waals surface area contributed by atoms with Crippen LogP contribution in [-0.4, -0.2) is 37.6 Å². The lowest BCUT2D eigenvalue weighted by Gasteiger charge is -2.12. The molecule has 0 aliphatic carbocycles. The summed E-state index contributed by atoms with van der Waals surface area (Å²) in [5.74, 6) is 4.46. The van der Waals surface area contributed by atoms with Gasteiger partial charge in [-0.3, -0.25) is 4.90 Å². The predicted molar refractivity (Wildman–Crippen MR) is 45.1 cm³/mol. The first-order valence-corrected chi connectivity index (χ1v) is 4.26. The molecule has 2 aliphatic heterocycles. The van der Waals surface area contributed by atoms with Gasteiger partial charge in [0.1, 0.15) is 0 Å². The molecular weight excluding hydrogens is 136 g/mol. The predicted octanol–water partition coefficient (Wildman–Crippen LogP) is -0.229. The normalized spacial score (nSPS) is 37.0. The van der Waals surface area contributed by atoms with Crippen LogP contribution >= 0.6 is 0 Å². The molecule has 0 aromatic rings. The molecule has 0 saturated carbocycles. The van der Waals surface area contributed by atoms with Crippen molar-refractivity contribution in [2.45, 2.75) is 0 Å². The Morgan fingerprint density at radius 3 is 2.55 bits per heavy atom. The number of terminal acetylenes is 1. The number of hydrogen-bond donors (Lipinski definition) is 1. The number of likely N-dealkylation sites (tertiary alicyclic amines) is 1. The zero-order valence-electron chi connectivity index (χ0n) is 6.71. The van der Waals surface area contributed by atoms with Crippen molar-refractivity contribution in [3.05, 3.63) is 0 Å². The van der Waals surface area contributed by atoms with E-state index in [1.165, 1.54) is 26.2 Å². The summed E-state index contributed by atoms with van der Waals surface area (Å²) in [5, 5.41) is 3.41. The first-order chi connectivity index (χ1) is 5.40. The Morgan fingerprint density at radius 2 is 2.00 bits per heavy atom. The summed E-state index contributed by atoms with van der Waals surface area (Å²) >= 11 is 0. The lowest BCUT2D eigenvalue weighted by molar-refractivity contribution is 0.352. The molecule has 2 heterocycles. The third kappa shape index (κ3) is 1.26. The summed E-state index contributed by atoms with van der Waals surface area (Å²) in [6.07, 6.45) is 5.25. The van der Waals surface area contributed by atoms with Crippen molar-refractivity contribution in [1.82, 2.24) is 10.2 Å². The van der Waals surface area contributed by atoms with Crippen LogP contribution in [0.15, 0.2) is 0 Å². The van der Waals surface area contributed by atoms with Crippen LogP contribution in [0.2, 0.25) is 0 Å². The highest BCUT2D eigenvalue weighted by Crippen LogP contribution is 2.25. The smallest absolute Gasteiger partial charge is 0.0599 e. The Hall–Kier alpha value is -0.520. The molecule has 0 aromatic carbocycles. The Balaban J connectivity index is 1.90. The molecule has 0 aromatic heterocycles. The van der Waals surface area contributed by atoms with E-state index in [9.17, 15) is 0 Å². The Morgan fingerprint density at radius 1 is 1.36 bits per heavy atom. The zero-order valence-corrected chi connectivity index (χ0v) is 6.71. The van der Waals surface area contributed by atoms with Gasteiger partial charge in [-0.15, -0.1) is 6.42 Å². The molecule has 2 unspecified atom stereocenters. The molecule has 11 heavy (non-hydrogen) atoms. The van der Waals surface area contributed by atoms with Crippen molar-refractivity contribution in [3.63, 3.8) is 0 Å². The van der Waals surface area contributed by atoms with Crippen molar-refractivity contribution < 1.29 is 0 Å². The van der Waals surface area contributed by atoms with Gasteiger partial charge in [-0.05, 0) is 24.9 Å². The summed E-state index contributed by atoms with van der Waals surface area (Å²) in [6, 6.07) is 0. The maximum absolute atomic E-state index is 5.25. The van der Waals surface area contributed by atoms with Crippen LogP contribution in [0.5, 0.6) is 0 Å². The Kier molecular flexibility index (Phi) is 1.85. The topological polar surface area (TPSA) is 15.3 Å². The van der Waals surface area contributed by atoms with Gasteiger partial charge in [-0.1, -0.05) is 5.92 Å². The van der Waals surface area contributed by atoms with Gasteiger partial charge >= 0.3 is 0 Å². The van der Waals surface area contributed by atoms with Gasteiger partial charge in [0.25, 0.3) is 0 Å². The summed E-state index contributed by atoms with van der Waals surface area (Å²) in [5.41, 5.74) is 0. The van der Waals surface area contributed by atoms with Gasteiger partial charge in [-0.25, -0.2) is 0 Å². The Labute approximate surface area is 68.0 Å². The molecule has 2 aliphatic rings. The van der Waals surface area contributed by atoms with Crippen molar-refractivity contribution in [2.75, 3.05) is 32.7 Å². The first-order valence-electron chi connectivity index (χ1n) is 4.26. The van der Waals surface area contributed by atoms with Crippen LogP contribution in [-0.2, 0) is 0 Å². The van der Waals surface area contributed by atoms with Crippen LogP contribution in [0.4, 0.5) is 0 Å². The lowest BCUT2D eigenvalue weighted by Crippen LogP contribution is -2.25. The van der Waals surface area contributed by atoms with Crippen LogP contribution in [0.25, 0.3) is 0 Å². The summed E-state index contributed by atoms with van der Waals surface area (Å²) in [7, 11) is 0. The van der Waals surface area contributed by atoms with Gasteiger partial charge in [0.2, 0.25) is 0 Å². The average molecular weight is 150 g/mol. The SMILES string of the molecule is C#CCN1CC2CNCC2C1. The summed E-state index contributed by atoms with van der Waals surface area (Å²) in [6.45, 7) is 5.66. The van der Waals surface area contributed by atoms with Gasteiger partial charge in [0, 0.05) is 13.1 Å². The average Bonchev–Trinajstić information content (AvgIpc) is 2.46. The third-order valence-electron chi connectivity index (χ3n) is 2.78.